The number of hydrogen-bond acceptors (Lipinski definition) is 2. The van der Waals surface area contributed by atoms with E-state index in [-0.39, 0.29) is 5.41 Å². The van der Waals surface area contributed by atoms with Crippen LogP contribution in [0.5, 0.6) is 0 Å². The van der Waals surface area contributed by atoms with Crippen LogP contribution in [0.15, 0.2) is 42.5 Å². The summed E-state index contributed by atoms with van der Waals surface area (Å²) in [6.45, 7) is 12.6. The van der Waals surface area contributed by atoms with Crippen LogP contribution in [-0.4, -0.2) is 23.1 Å². The second-order valence-corrected chi connectivity index (χ2v) is 9.08. The van der Waals surface area contributed by atoms with Gasteiger partial charge in [0.25, 0.3) is 0 Å². The summed E-state index contributed by atoms with van der Waals surface area (Å²) < 4.78 is 27.0. The van der Waals surface area contributed by atoms with Crippen molar-refractivity contribution in [3.05, 3.63) is 70.8 Å². The highest BCUT2D eigenvalue weighted by molar-refractivity contribution is 5.28. The van der Waals surface area contributed by atoms with E-state index in [2.05, 4.69) is 51.7 Å². The highest BCUT2D eigenvalue weighted by atomic mass is 19.1. The third kappa shape index (κ3) is 6.99. The van der Waals surface area contributed by atoms with Gasteiger partial charge in [-0.2, -0.15) is 0 Å². The second-order valence-electron chi connectivity index (χ2n) is 9.08. The first-order valence-corrected chi connectivity index (χ1v) is 10.0. The van der Waals surface area contributed by atoms with E-state index >= 15 is 0 Å². The van der Waals surface area contributed by atoms with E-state index in [4.69, 9.17) is 0 Å². The van der Waals surface area contributed by atoms with Crippen molar-refractivity contribution >= 4 is 0 Å². The van der Waals surface area contributed by atoms with Gasteiger partial charge in [-0.3, -0.25) is 4.90 Å². The quantitative estimate of drug-likeness (QED) is 0.613. The van der Waals surface area contributed by atoms with Crippen LogP contribution >= 0.6 is 0 Å². The first-order valence-electron chi connectivity index (χ1n) is 10.0. The summed E-state index contributed by atoms with van der Waals surface area (Å²) in [7, 11) is 0. The molecule has 2 nitrogen and oxygen atoms in total. The number of aliphatic hydroxyl groups is 1. The number of hydrogen-bond donors (Lipinski definition) is 1. The summed E-state index contributed by atoms with van der Waals surface area (Å²) in [5.41, 5.74) is 2.83. The Morgan fingerprint density at radius 3 is 2.04 bits per heavy atom. The molecule has 0 aliphatic rings. The summed E-state index contributed by atoms with van der Waals surface area (Å²) in [5, 5.41) is 10.6. The Labute approximate surface area is 168 Å². The van der Waals surface area contributed by atoms with Crippen LogP contribution in [0.2, 0.25) is 0 Å². The summed E-state index contributed by atoms with van der Waals surface area (Å²) in [6.07, 6.45) is 0.00673. The molecule has 0 amide bonds. The smallest absolute Gasteiger partial charge is 0.126 e. The fourth-order valence-corrected chi connectivity index (χ4v) is 3.39. The predicted molar refractivity (Wildman–Crippen MR) is 111 cm³/mol. The summed E-state index contributed by atoms with van der Waals surface area (Å²) in [6, 6.07) is 11.7. The normalized spacial score (nSPS) is 13.4. The molecule has 0 heterocycles. The molecule has 0 radical (unpaired) electrons. The van der Waals surface area contributed by atoms with Crippen molar-refractivity contribution in [3.63, 3.8) is 0 Å². The molecule has 0 saturated carbocycles. The standard InChI is InChI=1S/C24H33F2NO/c1-17(2)15-27(16-18-12-21(25)14-22(26)13-18)11-10-23(28)19-6-8-20(9-7-19)24(3,4)5/h6-9,12-14,17,23,28H,10-11,15-16H2,1-5H3. The van der Waals surface area contributed by atoms with Crippen molar-refractivity contribution in [1.29, 1.82) is 0 Å². The maximum atomic E-state index is 13.5. The van der Waals surface area contributed by atoms with E-state index in [1.54, 1.807) is 0 Å². The molecule has 2 aromatic rings. The third-order valence-electron chi connectivity index (χ3n) is 4.83. The van der Waals surface area contributed by atoms with Crippen LogP contribution in [0.1, 0.15) is 63.8 Å². The average Bonchev–Trinajstić information content (AvgIpc) is 2.57. The van der Waals surface area contributed by atoms with Gasteiger partial charge >= 0.3 is 0 Å². The van der Waals surface area contributed by atoms with E-state index in [1.807, 2.05) is 12.1 Å². The van der Waals surface area contributed by atoms with Gasteiger partial charge in [-0.25, -0.2) is 8.78 Å². The predicted octanol–water partition coefficient (Wildman–Crippen LogP) is 5.84. The van der Waals surface area contributed by atoms with Crippen LogP contribution < -0.4 is 0 Å². The SMILES string of the molecule is CC(C)CN(CCC(O)c1ccc(C(C)(C)C)cc1)Cc1cc(F)cc(F)c1. The molecule has 0 saturated heterocycles. The molecule has 0 aliphatic heterocycles. The highest BCUT2D eigenvalue weighted by Gasteiger charge is 2.16. The van der Waals surface area contributed by atoms with Gasteiger partial charge in [-0.05, 0) is 46.6 Å². The lowest BCUT2D eigenvalue weighted by Crippen LogP contribution is -2.29. The van der Waals surface area contributed by atoms with E-state index in [0.717, 1.165) is 18.2 Å². The molecule has 154 valence electrons. The number of nitrogens with zero attached hydrogens (tertiary/aromatic N) is 1. The molecule has 0 aromatic heterocycles. The Morgan fingerprint density at radius 2 is 1.54 bits per heavy atom. The Hall–Kier alpha value is -1.78. The molecular formula is C24H33F2NO. The molecule has 0 fully saturated rings. The van der Waals surface area contributed by atoms with Crippen molar-refractivity contribution in [2.24, 2.45) is 5.92 Å². The maximum Gasteiger partial charge on any atom is 0.126 e. The molecule has 0 aliphatic carbocycles. The Bertz CT molecular complexity index is 730. The van der Waals surface area contributed by atoms with Crippen LogP contribution in [0, 0.1) is 17.6 Å². The number of benzene rings is 2. The van der Waals surface area contributed by atoms with Gasteiger partial charge in [0.1, 0.15) is 11.6 Å². The van der Waals surface area contributed by atoms with E-state index in [0.29, 0.717) is 31.0 Å². The molecule has 1 unspecified atom stereocenters. The minimum absolute atomic E-state index is 0.0811. The molecule has 28 heavy (non-hydrogen) atoms. The van der Waals surface area contributed by atoms with Crippen molar-refractivity contribution in [2.75, 3.05) is 13.1 Å². The first-order chi connectivity index (χ1) is 13.0. The molecule has 2 rings (SSSR count). The Kier molecular flexibility index (Phi) is 7.73. The lowest BCUT2D eigenvalue weighted by molar-refractivity contribution is 0.134. The summed E-state index contributed by atoms with van der Waals surface area (Å²) in [4.78, 5) is 2.14. The summed E-state index contributed by atoms with van der Waals surface area (Å²) in [5.74, 6) is -0.696. The van der Waals surface area contributed by atoms with Gasteiger partial charge in [0.2, 0.25) is 0 Å². The van der Waals surface area contributed by atoms with E-state index in [1.165, 1.54) is 17.7 Å². The summed E-state index contributed by atoms with van der Waals surface area (Å²) >= 11 is 0. The molecule has 0 bridgehead atoms. The van der Waals surface area contributed by atoms with E-state index < -0.39 is 17.7 Å². The molecule has 0 spiro atoms. The van der Waals surface area contributed by atoms with Gasteiger partial charge in [-0.15, -0.1) is 0 Å². The van der Waals surface area contributed by atoms with Crippen LogP contribution in [-0.2, 0) is 12.0 Å². The van der Waals surface area contributed by atoms with Crippen molar-refractivity contribution < 1.29 is 13.9 Å². The lowest BCUT2D eigenvalue weighted by atomic mass is 9.86. The zero-order valence-corrected chi connectivity index (χ0v) is 17.7. The van der Waals surface area contributed by atoms with Crippen molar-refractivity contribution in [3.8, 4) is 0 Å². The topological polar surface area (TPSA) is 23.5 Å². The zero-order chi connectivity index (χ0) is 20.9. The Balaban J connectivity index is 2.02. The fraction of sp³-hybridized carbons (Fsp3) is 0.500. The third-order valence-corrected chi connectivity index (χ3v) is 4.83. The number of rotatable bonds is 8. The van der Waals surface area contributed by atoms with Crippen molar-refractivity contribution in [2.45, 2.75) is 59.1 Å². The van der Waals surface area contributed by atoms with Gasteiger partial charge in [0.15, 0.2) is 0 Å². The van der Waals surface area contributed by atoms with E-state index in [9.17, 15) is 13.9 Å². The monoisotopic (exact) mass is 389 g/mol. The number of aliphatic hydroxyl groups excluding tert-OH is 1. The Morgan fingerprint density at radius 1 is 0.964 bits per heavy atom. The van der Waals surface area contributed by atoms with Gasteiger partial charge < -0.3 is 5.11 Å². The number of halogens is 2. The largest absolute Gasteiger partial charge is 0.388 e. The molecule has 4 heteroatoms. The zero-order valence-electron chi connectivity index (χ0n) is 17.7. The second kappa shape index (κ2) is 9.62. The van der Waals surface area contributed by atoms with Crippen LogP contribution in [0.25, 0.3) is 0 Å². The van der Waals surface area contributed by atoms with Gasteiger partial charge in [-0.1, -0.05) is 58.9 Å². The first kappa shape index (κ1) is 22.5. The molecule has 1 N–H and O–H groups in total. The molecular weight excluding hydrogens is 356 g/mol. The van der Waals surface area contributed by atoms with Crippen molar-refractivity contribution in [1.82, 2.24) is 4.90 Å². The maximum absolute atomic E-state index is 13.5. The average molecular weight is 390 g/mol. The van der Waals surface area contributed by atoms with Gasteiger partial charge in [0.05, 0.1) is 6.10 Å². The van der Waals surface area contributed by atoms with Crippen LogP contribution in [0.3, 0.4) is 0 Å². The lowest BCUT2D eigenvalue weighted by Gasteiger charge is -2.26. The molecule has 2 aromatic carbocycles. The minimum atomic E-state index is -0.562. The molecule has 1 atom stereocenters. The van der Waals surface area contributed by atoms with Crippen LogP contribution in [0.4, 0.5) is 8.78 Å². The highest BCUT2D eigenvalue weighted by Crippen LogP contribution is 2.25. The fourth-order valence-electron chi connectivity index (χ4n) is 3.39. The minimum Gasteiger partial charge on any atom is -0.388 e. The van der Waals surface area contributed by atoms with Gasteiger partial charge in [0, 0.05) is 25.7 Å².